The van der Waals surface area contributed by atoms with Gasteiger partial charge in [-0.3, -0.25) is 0 Å². The second-order valence-corrected chi connectivity index (χ2v) is 9.33. The Balaban J connectivity index is 1.60. The van der Waals surface area contributed by atoms with E-state index in [0.717, 1.165) is 41.8 Å². The summed E-state index contributed by atoms with van der Waals surface area (Å²) in [6.45, 7) is 5.47. The number of urea groups is 1. The number of carbonyl (C=O) groups excluding carboxylic acids is 1. The molecule has 3 aromatic rings. The van der Waals surface area contributed by atoms with Gasteiger partial charge in [-0.1, -0.05) is 23.7 Å². The lowest BCUT2D eigenvalue weighted by Crippen LogP contribution is -2.35. The van der Waals surface area contributed by atoms with E-state index < -0.39 is 11.7 Å². The van der Waals surface area contributed by atoms with Crippen LogP contribution >= 0.6 is 11.6 Å². The molecule has 0 radical (unpaired) electrons. The Morgan fingerprint density at radius 3 is 2.43 bits per heavy atom. The molecule has 1 aromatic heterocycles. The van der Waals surface area contributed by atoms with E-state index in [2.05, 4.69) is 10.3 Å². The van der Waals surface area contributed by atoms with Crippen LogP contribution in [0.15, 0.2) is 42.6 Å². The third-order valence-electron chi connectivity index (χ3n) is 6.25. The fourth-order valence-corrected chi connectivity index (χ4v) is 4.68. The third kappa shape index (κ3) is 5.59. The summed E-state index contributed by atoms with van der Waals surface area (Å²) in [5.41, 5.74) is 3.16. The number of amides is 2. The molecular weight excluding hydrogens is 477 g/mol. The smallest absolute Gasteiger partial charge is 0.316 e. The highest BCUT2D eigenvalue weighted by Crippen LogP contribution is 2.36. The van der Waals surface area contributed by atoms with Crippen molar-refractivity contribution in [2.24, 2.45) is 0 Å². The van der Waals surface area contributed by atoms with Gasteiger partial charge in [0.15, 0.2) is 0 Å². The van der Waals surface area contributed by atoms with Gasteiger partial charge in [0, 0.05) is 29.9 Å². The van der Waals surface area contributed by atoms with Crippen molar-refractivity contribution >= 4 is 23.3 Å². The Morgan fingerprint density at radius 2 is 1.80 bits per heavy atom. The second-order valence-electron chi connectivity index (χ2n) is 8.90. The minimum absolute atomic E-state index is 0.255. The number of rotatable bonds is 4. The van der Waals surface area contributed by atoms with Crippen molar-refractivity contribution in [1.29, 1.82) is 0 Å². The summed E-state index contributed by atoms with van der Waals surface area (Å²) >= 11 is 6.01. The zero-order valence-corrected chi connectivity index (χ0v) is 20.5. The van der Waals surface area contributed by atoms with Gasteiger partial charge in [0.25, 0.3) is 0 Å². The predicted octanol–water partition coefficient (Wildman–Crippen LogP) is 7.03. The van der Waals surface area contributed by atoms with Crippen molar-refractivity contribution in [2.45, 2.75) is 52.3 Å². The lowest BCUT2D eigenvalue weighted by atomic mass is 10.00. The first-order valence-electron chi connectivity index (χ1n) is 11.4. The Morgan fingerprint density at radius 1 is 1.14 bits per heavy atom. The Hall–Kier alpha value is -3.13. The third-order valence-corrected chi connectivity index (χ3v) is 6.50. The molecular formula is C26H26ClF3N4O. The number of hydrogen-bond acceptors (Lipinski definition) is 3. The summed E-state index contributed by atoms with van der Waals surface area (Å²) in [7, 11) is 0. The molecule has 0 spiro atoms. The highest BCUT2D eigenvalue weighted by atomic mass is 35.5. The molecule has 1 atom stereocenters. The molecule has 2 aromatic carbocycles. The van der Waals surface area contributed by atoms with Crippen LogP contribution in [0.25, 0.3) is 0 Å². The minimum atomic E-state index is -4.44. The molecule has 4 rings (SSSR count). The molecule has 1 aliphatic rings. The van der Waals surface area contributed by atoms with Crippen molar-refractivity contribution in [1.82, 2.24) is 14.9 Å². The quantitative estimate of drug-likeness (QED) is 0.416. The molecule has 184 valence electrons. The maximum absolute atomic E-state index is 13.3. The number of anilines is 1. The van der Waals surface area contributed by atoms with E-state index in [1.54, 1.807) is 24.9 Å². The number of hydrogen-bond donors (Lipinski definition) is 1. The van der Waals surface area contributed by atoms with Gasteiger partial charge in [0.1, 0.15) is 5.82 Å². The van der Waals surface area contributed by atoms with Gasteiger partial charge in [0.2, 0.25) is 0 Å². The van der Waals surface area contributed by atoms with E-state index in [1.165, 1.54) is 0 Å². The van der Waals surface area contributed by atoms with Gasteiger partial charge in [-0.2, -0.15) is 13.2 Å². The lowest BCUT2D eigenvalue weighted by Gasteiger charge is -2.27. The zero-order valence-electron chi connectivity index (χ0n) is 19.7. The number of carbonyl (C=O) groups is 1. The summed E-state index contributed by atoms with van der Waals surface area (Å²) < 4.78 is 39.5. The van der Waals surface area contributed by atoms with E-state index in [1.807, 2.05) is 31.2 Å². The number of halogens is 4. The van der Waals surface area contributed by atoms with Crippen LogP contribution < -0.4 is 5.32 Å². The number of alkyl halides is 3. The Kier molecular flexibility index (Phi) is 7.03. The number of likely N-dealkylation sites (tertiary alicyclic amines) is 1. The summed E-state index contributed by atoms with van der Waals surface area (Å²) in [5, 5.41) is 3.50. The number of aryl methyl sites for hydroxylation is 3. The van der Waals surface area contributed by atoms with Crippen molar-refractivity contribution in [3.63, 3.8) is 0 Å². The van der Waals surface area contributed by atoms with E-state index in [4.69, 9.17) is 16.6 Å². The Labute approximate surface area is 207 Å². The highest BCUT2D eigenvalue weighted by molar-refractivity contribution is 6.30. The molecule has 1 fully saturated rings. The number of nitrogens with zero attached hydrogens (tertiary/aromatic N) is 3. The van der Waals surface area contributed by atoms with Crippen LogP contribution in [0.4, 0.5) is 23.7 Å². The normalized spacial score (nSPS) is 16.0. The maximum atomic E-state index is 13.3. The zero-order chi connectivity index (χ0) is 25.3. The number of nitrogens with one attached hydrogen (secondary N) is 1. The van der Waals surface area contributed by atoms with Gasteiger partial charge in [-0.05, 0) is 80.1 Å². The summed E-state index contributed by atoms with van der Waals surface area (Å²) in [6.07, 6.45) is -0.515. The summed E-state index contributed by atoms with van der Waals surface area (Å²) in [4.78, 5) is 24.1. The molecule has 1 aliphatic heterocycles. The lowest BCUT2D eigenvalue weighted by molar-refractivity contribution is -0.137. The minimum Gasteiger partial charge on any atom is -0.316 e. The fraction of sp³-hybridized carbons (Fsp3) is 0.346. The average Bonchev–Trinajstić information content (AvgIpc) is 3.28. The largest absolute Gasteiger partial charge is 0.416 e. The van der Waals surface area contributed by atoms with Crippen LogP contribution in [0.1, 0.15) is 58.2 Å². The molecule has 0 bridgehead atoms. The molecule has 2 amide bonds. The van der Waals surface area contributed by atoms with Crippen LogP contribution in [-0.2, 0) is 12.6 Å². The van der Waals surface area contributed by atoms with Crippen molar-refractivity contribution in [2.75, 3.05) is 11.9 Å². The van der Waals surface area contributed by atoms with Crippen LogP contribution in [0.3, 0.4) is 0 Å². The van der Waals surface area contributed by atoms with Crippen LogP contribution in [-0.4, -0.2) is 27.4 Å². The van der Waals surface area contributed by atoms with Crippen molar-refractivity contribution in [3.8, 4) is 0 Å². The first kappa shape index (κ1) is 25.0. The van der Waals surface area contributed by atoms with Gasteiger partial charge in [-0.25, -0.2) is 14.8 Å². The van der Waals surface area contributed by atoms with Crippen LogP contribution in [0, 0.1) is 20.8 Å². The standard InChI is InChI=1S/C26H26ClF3N4O/c1-15-11-20(26(28,29)30)12-16(2)23(15)33-25(35)34-10-4-5-22(34)24-19(14-31-17(3)32-24)13-18-6-8-21(27)9-7-18/h6-9,11-12,14,22H,4-5,10,13H2,1-3H3,(H,33,35)/t22-/m1/s1. The maximum Gasteiger partial charge on any atom is 0.416 e. The highest BCUT2D eigenvalue weighted by Gasteiger charge is 2.34. The first-order chi connectivity index (χ1) is 16.5. The van der Waals surface area contributed by atoms with Gasteiger partial charge in [0.05, 0.1) is 17.3 Å². The molecule has 1 N–H and O–H groups in total. The molecule has 2 heterocycles. The van der Waals surface area contributed by atoms with E-state index in [-0.39, 0.29) is 12.1 Å². The fourth-order valence-electron chi connectivity index (χ4n) is 4.56. The van der Waals surface area contributed by atoms with Crippen LogP contribution in [0.5, 0.6) is 0 Å². The van der Waals surface area contributed by atoms with Crippen LogP contribution in [0.2, 0.25) is 5.02 Å². The summed E-state index contributed by atoms with van der Waals surface area (Å²) in [6, 6.07) is 9.05. The van der Waals surface area contributed by atoms with Gasteiger partial charge >= 0.3 is 12.2 Å². The molecule has 5 nitrogen and oxygen atoms in total. The van der Waals surface area contributed by atoms with Crippen molar-refractivity contribution in [3.05, 3.63) is 87.0 Å². The Bertz CT molecular complexity index is 1220. The SMILES string of the molecule is Cc1ncc(Cc2ccc(Cl)cc2)c([C@H]2CCCN2C(=O)Nc2c(C)cc(C(F)(F)F)cc2C)n1. The van der Waals surface area contributed by atoms with E-state index in [9.17, 15) is 18.0 Å². The number of aromatic nitrogens is 2. The van der Waals surface area contributed by atoms with E-state index >= 15 is 0 Å². The average molecular weight is 503 g/mol. The van der Waals surface area contributed by atoms with Crippen molar-refractivity contribution < 1.29 is 18.0 Å². The monoisotopic (exact) mass is 502 g/mol. The van der Waals surface area contributed by atoms with Gasteiger partial charge < -0.3 is 10.2 Å². The van der Waals surface area contributed by atoms with E-state index in [0.29, 0.717) is 40.6 Å². The first-order valence-corrected chi connectivity index (χ1v) is 11.7. The molecule has 35 heavy (non-hydrogen) atoms. The molecule has 0 unspecified atom stereocenters. The molecule has 1 saturated heterocycles. The predicted molar refractivity (Wildman–Crippen MR) is 130 cm³/mol. The summed E-state index contributed by atoms with van der Waals surface area (Å²) in [5.74, 6) is 0.613. The molecule has 0 aliphatic carbocycles. The number of benzene rings is 2. The van der Waals surface area contributed by atoms with Gasteiger partial charge in [-0.15, -0.1) is 0 Å². The molecule has 9 heteroatoms. The topological polar surface area (TPSA) is 58.1 Å². The second kappa shape index (κ2) is 9.85. The molecule has 0 saturated carbocycles.